The van der Waals surface area contributed by atoms with Gasteiger partial charge in [-0.05, 0) is 25.0 Å². The number of Topliss-reactive ketones (excluding diaryl/α,β-unsaturated/α-hetero) is 1. The van der Waals surface area contributed by atoms with E-state index in [1.165, 1.54) is 31.6 Å². The predicted molar refractivity (Wildman–Crippen MR) is 124 cm³/mol. The number of carbonyl (C=O) groups excluding carboxylic acids is 2. The second-order valence-corrected chi connectivity index (χ2v) is 10.5. The van der Waals surface area contributed by atoms with Crippen LogP contribution in [0.1, 0.15) is 44.0 Å². The minimum Gasteiger partial charge on any atom is -0.474 e. The summed E-state index contributed by atoms with van der Waals surface area (Å²) in [5.41, 5.74) is 0.626. The van der Waals surface area contributed by atoms with E-state index in [-0.39, 0.29) is 46.2 Å². The zero-order valence-corrected chi connectivity index (χ0v) is 20.5. The van der Waals surface area contributed by atoms with Crippen LogP contribution in [0, 0.1) is 5.92 Å². The minimum absolute atomic E-state index is 0.0593. The van der Waals surface area contributed by atoms with Crippen molar-refractivity contribution in [2.75, 3.05) is 31.3 Å². The van der Waals surface area contributed by atoms with Crippen LogP contribution in [0.5, 0.6) is 5.88 Å². The molecule has 2 aromatic rings. The van der Waals surface area contributed by atoms with E-state index in [0.29, 0.717) is 38.2 Å². The summed E-state index contributed by atoms with van der Waals surface area (Å²) in [7, 11) is -3.42. The highest BCUT2D eigenvalue weighted by molar-refractivity contribution is 7.90. The highest BCUT2D eigenvalue weighted by atomic mass is 32.2. The Morgan fingerprint density at radius 3 is 2.44 bits per heavy atom. The lowest BCUT2D eigenvalue weighted by Gasteiger charge is -2.31. The van der Waals surface area contributed by atoms with E-state index in [1.807, 2.05) is 13.8 Å². The molecule has 0 aromatic carbocycles. The SMILES string of the molecule is CC(=O)c1c(Nc2ccc(S(C)(=O)=O)nc2)ncnc1OC1CCN(C(=O)OCC(C)C)CC1. The number of hydrogen-bond acceptors (Lipinski definition) is 10. The molecule has 1 aliphatic rings. The van der Waals surface area contributed by atoms with Gasteiger partial charge in [-0.3, -0.25) is 4.79 Å². The predicted octanol–water partition coefficient (Wildman–Crippen LogP) is 2.86. The summed E-state index contributed by atoms with van der Waals surface area (Å²) in [5, 5.41) is 2.92. The molecular formula is C22H29N5O6S. The number of amides is 1. The van der Waals surface area contributed by atoms with E-state index in [9.17, 15) is 18.0 Å². The highest BCUT2D eigenvalue weighted by Crippen LogP contribution is 2.28. The maximum Gasteiger partial charge on any atom is 0.409 e. The molecule has 0 saturated carbocycles. The van der Waals surface area contributed by atoms with Crippen molar-refractivity contribution >= 4 is 33.2 Å². The van der Waals surface area contributed by atoms with Crippen LogP contribution in [-0.2, 0) is 14.6 Å². The second kappa shape index (κ2) is 10.8. The molecule has 1 amide bonds. The molecule has 0 bridgehead atoms. The molecule has 0 aliphatic carbocycles. The van der Waals surface area contributed by atoms with Gasteiger partial charge in [0.1, 0.15) is 23.8 Å². The standard InChI is InChI=1S/C22H29N5O6S/c1-14(2)12-32-22(29)27-9-7-17(8-10-27)33-21-19(15(3)28)20(24-13-25-21)26-16-5-6-18(23-11-16)34(4,30)31/h5-6,11,13-14,17H,7-10,12H2,1-4H3,(H,24,25,26). The first-order chi connectivity index (χ1) is 16.0. The van der Waals surface area contributed by atoms with Crippen LogP contribution >= 0.6 is 0 Å². The largest absolute Gasteiger partial charge is 0.474 e. The van der Waals surface area contributed by atoms with Crippen LogP contribution in [0.3, 0.4) is 0 Å². The number of sulfone groups is 1. The Morgan fingerprint density at radius 2 is 1.88 bits per heavy atom. The number of likely N-dealkylation sites (tertiary alicyclic amines) is 1. The number of pyridine rings is 1. The van der Waals surface area contributed by atoms with Gasteiger partial charge < -0.3 is 19.7 Å². The summed E-state index contributed by atoms with van der Waals surface area (Å²) in [5.74, 6) is 0.338. The average molecular weight is 492 g/mol. The lowest BCUT2D eigenvalue weighted by atomic mass is 10.1. The van der Waals surface area contributed by atoms with Gasteiger partial charge in [0.2, 0.25) is 5.88 Å². The normalized spacial score (nSPS) is 14.7. The van der Waals surface area contributed by atoms with Crippen molar-refractivity contribution in [1.29, 1.82) is 0 Å². The summed E-state index contributed by atoms with van der Waals surface area (Å²) in [6, 6.07) is 2.90. The van der Waals surface area contributed by atoms with E-state index in [2.05, 4.69) is 20.3 Å². The number of anilines is 2. The Hall–Kier alpha value is -3.28. The van der Waals surface area contributed by atoms with Gasteiger partial charge >= 0.3 is 6.09 Å². The van der Waals surface area contributed by atoms with Gasteiger partial charge in [0.25, 0.3) is 0 Å². The van der Waals surface area contributed by atoms with E-state index < -0.39 is 9.84 Å². The molecule has 3 rings (SSSR count). The number of nitrogens with one attached hydrogen (secondary N) is 1. The maximum absolute atomic E-state index is 12.4. The van der Waals surface area contributed by atoms with Crippen LogP contribution in [0.25, 0.3) is 0 Å². The van der Waals surface area contributed by atoms with Gasteiger partial charge in [0.05, 0.1) is 18.5 Å². The van der Waals surface area contributed by atoms with E-state index in [4.69, 9.17) is 9.47 Å². The first kappa shape index (κ1) is 25.3. The molecule has 34 heavy (non-hydrogen) atoms. The lowest BCUT2D eigenvalue weighted by Crippen LogP contribution is -2.42. The van der Waals surface area contributed by atoms with Crippen LogP contribution < -0.4 is 10.1 Å². The average Bonchev–Trinajstić information content (AvgIpc) is 2.77. The molecule has 1 saturated heterocycles. The van der Waals surface area contributed by atoms with Gasteiger partial charge in [-0.2, -0.15) is 0 Å². The monoisotopic (exact) mass is 491 g/mol. The van der Waals surface area contributed by atoms with Gasteiger partial charge in [-0.15, -0.1) is 0 Å². The van der Waals surface area contributed by atoms with Crippen LogP contribution in [0.2, 0.25) is 0 Å². The number of carbonyl (C=O) groups is 2. The van der Waals surface area contributed by atoms with Gasteiger partial charge in [-0.25, -0.2) is 28.2 Å². The van der Waals surface area contributed by atoms with Crippen molar-refractivity contribution in [3.8, 4) is 5.88 Å². The fourth-order valence-electron chi connectivity index (χ4n) is 3.32. The third kappa shape index (κ3) is 6.62. The number of aromatic nitrogens is 3. The Bertz CT molecular complexity index is 1130. The molecule has 184 valence electrons. The second-order valence-electron chi connectivity index (χ2n) is 8.52. The van der Waals surface area contributed by atoms with Gasteiger partial charge in [0, 0.05) is 32.2 Å². The Balaban J connectivity index is 1.69. The molecule has 0 radical (unpaired) electrons. The molecule has 11 nitrogen and oxygen atoms in total. The smallest absolute Gasteiger partial charge is 0.409 e. The topological polar surface area (TPSA) is 141 Å². The van der Waals surface area contributed by atoms with Gasteiger partial charge in [0.15, 0.2) is 20.6 Å². The van der Waals surface area contributed by atoms with Crippen molar-refractivity contribution < 1.29 is 27.5 Å². The van der Waals surface area contributed by atoms with Crippen molar-refractivity contribution in [3.05, 3.63) is 30.2 Å². The molecule has 12 heteroatoms. The third-order valence-electron chi connectivity index (χ3n) is 5.06. The fraction of sp³-hybridized carbons (Fsp3) is 0.500. The first-order valence-electron chi connectivity index (χ1n) is 10.9. The summed E-state index contributed by atoms with van der Waals surface area (Å²) in [6.45, 7) is 6.67. The Labute approximate surface area is 198 Å². The maximum atomic E-state index is 12.4. The zero-order valence-electron chi connectivity index (χ0n) is 19.6. The molecular weight excluding hydrogens is 462 g/mol. The van der Waals surface area contributed by atoms with E-state index in [1.54, 1.807) is 4.90 Å². The number of piperidine rings is 1. The highest BCUT2D eigenvalue weighted by Gasteiger charge is 2.27. The number of hydrogen-bond donors (Lipinski definition) is 1. The number of nitrogens with zero attached hydrogens (tertiary/aromatic N) is 4. The van der Waals surface area contributed by atoms with Crippen molar-refractivity contribution in [2.45, 2.75) is 44.7 Å². The number of ether oxygens (including phenoxy) is 2. The first-order valence-corrected chi connectivity index (χ1v) is 12.8. The van der Waals surface area contributed by atoms with Crippen molar-refractivity contribution in [2.24, 2.45) is 5.92 Å². The quantitative estimate of drug-likeness (QED) is 0.548. The molecule has 2 aromatic heterocycles. The molecule has 0 atom stereocenters. The van der Waals surface area contributed by atoms with Crippen molar-refractivity contribution in [1.82, 2.24) is 19.9 Å². The van der Waals surface area contributed by atoms with Crippen molar-refractivity contribution in [3.63, 3.8) is 0 Å². The fourth-order valence-corrected chi connectivity index (χ4v) is 3.88. The van der Waals surface area contributed by atoms with Crippen LogP contribution in [0.4, 0.5) is 16.3 Å². The lowest BCUT2D eigenvalue weighted by molar-refractivity contribution is 0.0602. The molecule has 3 heterocycles. The Kier molecular flexibility index (Phi) is 8.02. The molecule has 0 unspecified atom stereocenters. The van der Waals surface area contributed by atoms with Gasteiger partial charge in [-0.1, -0.05) is 13.8 Å². The minimum atomic E-state index is -3.42. The van der Waals surface area contributed by atoms with E-state index >= 15 is 0 Å². The summed E-state index contributed by atoms with van der Waals surface area (Å²) in [6.07, 6.45) is 4.27. The third-order valence-corrected chi connectivity index (χ3v) is 6.06. The zero-order chi connectivity index (χ0) is 24.9. The van der Waals surface area contributed by atoms with Crippen LogP contribution in [0.15, 0.2) is 29.7 Å². The summed E-state index contributed by atoms with van der Waals surface area (Å²) >= 11 is 0. The molecule has 1 N–H and O–H groups in total. The summed E-state index contributed by atoms with van der Waals surface area (Å²) in [4.78, 5) is 38.4. The molecule has 0 spiro atoms. The molecule has 1 aliphatic heterocycles. The number of ketones is 1. The summed E-state index contributed by atoms with van der Waals surface area (Å²) < 4.78 is 34.5. The molecule has 1 fully saturated rings. The number of rotatable bonds is 8. The van der Waals surface area contributed by atoms with Crippen LogP contribution in [-0.4, -0.2) is 72.2 Å². The van der Waals surface area contributed by atoms with E-state index in [0.717, 1.165) is 6.26 Å². The Morgan fingerprint density at radius 1 is 1.18 bits per heavy atom.